The summed E-state index contributed by atoms with van der Waals surface area (Å²) in [4.78, 5) is 4.79. The van der Waals surface area contributed by atoms with Crippen LogP contribution in [0.3, 0.4) is 0 Å². The fourth-order valence-corrected chi connectivity index (χ4v) is 4.28. The summed E-state index contributed by atoms with van der Waals surface area (Å²) in [7, 11) is 1.65. The first-order valence-electron chi connectivity index (χ1n) is 8.44. The summed E-state index contributed by atoms with van der Waals surface area (Å²) in [5.74, 6) is 1.56. The van der Waals surface area contributed by atoms with Crippen molar-refractivity contribution in [3.05, 3.63) is 81.3 Å². The number of halogens is 3. The molecule has 3 aromatic carbocycles. The molecule has 0 bridgehead atoms. The molecule has 0 atom stereocenters. The maximum Gasteiger partial charge on any atom is 0.174 e. The van der Waals surface area contributed by atoms with Gasteiger partial charge in [0, 0.05) is 16.5 Å². The largest absolute Gasteiger partial charge is 0.497 e. The van der Waals surface area contributed by atoms with Gasteiger partial charge in [-0.05, 0) is 54.1 Å². The summed E-state index contributed by atoms with van der Waals surface area (Å²) in [6.45, 7) is 0. The zero-order valence-electron chi connectivity index (χ0n) is 14.8. The first kappa shape index (κ1) is 19.5. The average Bonchev–Trinajstić information content (AvgIpc) is 3.05. The van der Waals surface area contributed by atoms with Crippen LogP contribution < -0.4 is 4.74 Å². The van der Waals surface area contributed by atoms with Gasteiger partial charge in [0.25, 0.3) is 0 Å². The lowest BCUT2D eigenvalue weighted by atomic mass is 10.2. The Balaban J connectivity index is 1.78. The van der Waals surface area contributed by atoms with Gasteiger partial charge in [0.1, 0.15) is 5.75 Å². The van der Waals surface area contributed by atoms with Gasteiger partial charge >= 0.3 is 0 Å². The van der Waals surface area contributed by atoms with Crippen molar-refractivity contribution in [3.63, 3.8) is 0 Å². The smallest absolute Gasteiger partial charge is 0.174 e. The molecule has 0 radical (unpaired) electrons. The van der Waals surface area contributed by atoms with Gasteiger partial charge in [-0.1, -0.05) is 58.7 Å². The zero-order valence-corrected chi connectivity index (χ0v) is 17.9. The van der Waals surface area contributed by atoms with Crippen LogP contribution >= 0.6 is 46.6 Å². The second-order valence-electron chi connectivity index (χ2n) is 6.10. The zero-order chi connectivity index (χ0) is 19.7. The normalized spacial score (nSPS) is 11.1. The maximum absolute atomic E-state index is 6.28. The summed E-state index contributed by atoms with van der Waals surface area (Å²) in [6.07, 6.45) is 0. The van der Waals surface area contributed by atoms with Gasteiger partial charge in [-0.15, -0.1) is 0 Å². The molecular formula is C21H15Cl3N2OS. The number of ether oxygens (including phenoxy) is 1. The second kappa shape index (κ2) is 8.26. The van der Waals surface area contributed by atoms with E-state index in [0.717, 1.165) is 38.4 Å². The van der Waals surface area contributed by atoms with E-state index in [-0.39, 0.29) is 0 Å². The molecule has 1 heterocycles. The number of benzene rings is 3. The van der Waals surface area contributed by atoms with Crippen molar-refractivity contribution >= 4 is 57.6 Å². The second-order valence-corrected chi connectivity index (χ2v) is 8.29. The van der Waals surface area contributed by atoms with Gasteiger partial charge in [-0.2, -0.15) is 0 Å². The Morgan fingerprint density at radius 3 is 2.29 bits per heavy atom. The Morgan fingerprint density at radius 1 is 0.929 bits per heavy atom. The van der Waals surface area contributed by atoms with E-state index in [0.29, 0.717) is 10.0 Å². The number of rotatable bonds is 5. The van der Waals surface area contributed by atoms with E-state index in [4.69, 9.17) is 44.5 Å². The number of imidazole rings is 1. The number of methoxy groups -OCH3 is 1. The Hall–Kier alpha value is -1.85. The molecule has 0 saturated heterocycles. The topological polar surface area (TPSA) is 27.1 Å². The Bertz CT molecular complexity index is 1130. The molecule has 4 rings (SSSR count). The number of aromatic nitrogens is 2. The summed E-state index contributed by atoms with van der Waals surface area (Å²) in [5.41, 5.74) is 3.83. The van der Waals surface area contributed by atoms with Crippen LogP contribution in [0, 0.1) is 0 Å². The van der Waals surface area contributed by atoms with Gasteiger partial charge in [0.15, 0.2) is 5.16 Å². The van der Waals surface area contributed by atoms with Crippen LogP contribution in [0.15, 0.2) is 65.8 Å². The minimum atomic E-state index is 0.489. The van der Waals surface area contributed by atoms with Gasteiger partial charge in [0.05, 0.1) is 28.2 Å². The van der Waals surface area contributed by atoms with Crippen LogP contribution in [0.2, 0.25) is 15.1 Å². The van der Waals surface area contributed by atoms with Crippen LogP contribution in [0.25, 0.3) is 16.7 Å². The van der Waals surface area contributed by atoms with Crippen molar-refractivity contribution in [2.75, 3.05) is 7.11 Å². The minimum Gasteiger partial charge on any atom is -0.497 e. The van der Waals surface area contributed by atoms with Crippen molar-refractivity contribution in [2.45, 2.75) is 10.9 Å². The van der Waals surface area contributed by atoms with Crippen molar-refractivity contribution in [3.8, 4) is 11.4 Å². The fraction of sp³-hybridized carbons (Fsp3) is 0.0952. The third kappa shape index (κ3) is 3.96. The molecule has 28 heavy (non-hydrogen) atoms. The molecule has 142 valence electrons. The monoisotopic (exact) mass is 448 g/mol. The molecular weight excluding hydrogens is 435 g/mol. The third-order valence-corrected chi connectivity index (χ3v) is 6.26. The molecule has 0 aliphatic carbocycles. The van der Waals surface area contributed by atoms with Gasteiger partial charge < -0.3 is 4.74 Å². The molecule has 0 spiro atoms. The first-order chi connectivity index (χ1) is 13.5. The average molecular weight is 450 g/mol. The van der Waals surface area contributed by atoms with E-state index in [2.05, 4.69) is 4.57 Å². The highest BCUT2D eigenvalue weighted by Crippen LogP contribution is 2.34. The number of thioether (sulfide) groups is 1. The summed E-state index contributed by atoms with van der Waals surface area (Å²) in [5, 5.41) is 2.57. The molecule has 0 unspecified atom stereocenters. The number of fused-ring (bicyclic) bond motifs is 1. The molecule has 0 N–H and O–H groups in total. The Labute approximate surface area is 182 Å². The van der Waals surface area contributed by atoms with E-state index in [1.54, 1.807) is 24.9 Å². The van der Waals surface area contributed by atoms with Crippen LogP contribution in [0.4, 0.5) is 0 Å². The molecule has 0 amide bonds. The van der Waals surface area contributed by atoms with E-state index in [1.165, 1.54) is 5.56 Å². The van der Waals surface area contributed by atoms with Crippen LogP contribution in [-0.4, -0.2) is 16.7 Å². The van der Waals surface area contributed by atoms with E-state index in [9.17, 15) is 0 Å². The highest BCUT2D eigenvalue weighted by molar-refractivity contribution is 7.98. The SMILES string of the molecule is COc1ccc(-n2c(SCc3ccc(Cl)cc3)nc3cc(Cl)c(Cl)cc32)cc1. The van der Waals surface area contributed by atoms with Crippen molar-refractivity contribution in [2.24, 2.45) is 0 Å². The highest BCUT2D eigenvalue weighted by atomic mass is 35.5. The molecule has 0 saturated carbocycles. The van der Waals surface area contributed by atoms with Crippen LogP contribution in [0.5, 0.6) is 5.75 Å². The third-order valence-electron chi connectivity index (χ3n) is 4.28. The van der Waals surface area contributed by atoms with Gasteiger partial charge in [0.2, 0.25) is 0 Å². The minimum absolute atomic E-state index is 0.489. The molecule has 3 nitrogen and oxygen atoms in total. The summed E-state index contributed by atoms with van der Waals surface area (Å²) < 4.78 is 7.36. The number of hydrogen-bond acceptors (Lipinski definition) is 3. The molecule has 4 aromatic rings. The molecule has 0 aliphatic heterocycles. The number of hydrogen-bond donors (Lipinski definition) is 0. The predicted octanol–water partition coefficient (Wildman–Crippen LogP) is 7.29. The van der Waals surface area contributed by atoms with E-state index in [1.807, 2.05) is 54.6 Å². The molecule has 0 fully saturated rings. The summed E-state index contributed by atoms with van der Waals surface area (Å²) in [6, 6.07) is 19.3. The van der Waals surface area contributed by atoms with Gasteiger partial charge in [-0.25, -0.2) is 4.98 Å². The van der Waals surface area contributed by atoms with Crippen LogP contribution in [0.1, 0.15) is 5.56 Å². The standard InChI is InChI=1S/C21H15Cl3N2OS/c1-27-16-8-6-15(7-9-16)26-20-11-18(24)17(23)10-19(20)25-21(26)28-12-13-2-4-14(22)5-3-13/h2-11H,12H2,1H3. The number of nitrogens with zero attached hydrogens (tertiary/aromatic N) is 2. The molecule has 1 aromatic heterocycles. The highest BCUT2D eigenvalue weighted by Gasteiger charge is 2.15. The Kier molecular flexibility index (Phi) is 5.74. The Morgan fingerprint density at radius 2 is 1.61 bits per heavy atom. The van der Waals surface area contributed by atoms with Gasteiger partial charge in [-0.3, -0.25) is 4.57 Å². The predicted molar refractivity (Wildman–Crippen MR) is 119 cm³/mol. The molecule has 0 aliphatic rings. The summed E-state index contributed by atoms with van der Waals surface area (Å²) >= 11 is 20.1. The first-order valence-corrected chi connectivity index (χ1v) is 10.6. The lowest BCUT2D eigenvalue weighted by Gasteiger charge is -2.10. The lowest BCUT2D eigenvalue weighted by Crippen LogP contribution is -1.97. The fourth-order valence-electron chi connectivity index (χ4n) is 2.86. The quantitative estimate of drug-likeness (QED) is 0.299. The maximum atomic E-state index is 6.28. The van der Waals surface area contributed by atoms with E-state index < -0.39 is 0 Å². The van der Waals surface area contributed by atoms with Crippen LogP contribution in [-0.2, 0) is 5.75 Å². The van der Waals surface area contributed by atoms with Crippen molar-refractivity contribution in [1.29, 1.82) is 0 Å². The van der Waals surface area contributed by atoms with Crippen molar-refractivity contribution < 1.29 is 4.74 Å². The lowest BCUT2D eigenvalue weighted by molar-refractivity contribution is 0.414. The van der Waals surface area contributed by atoms with Crippen molar-refractivity contribution in [1.82, 2.24) is 9.55 Å². The molecule has 7 heteroatoms. The van der Waals surface area contributed by atoms with E-state index >= 15 is 0 Å².